The van der Waals surface area contributed by atoms with E-state index in [1.165, 1.54) is 6.07 Å². The van der Waals surface area contributed by atoms with Crippen LogP contribution in [-0.4, -0.2) is 12.2 Å². The minimum atomic E-state index is -0.403. The number of nitrogens with one attached hydrogen (secondary N) is 1. The molecule has 2 aromatic carbocycles. The molecule has 3 nitrogen and oxygen atoms in total. The van der Waals surface area contributed by atoms with Crippen LogP contribution in [-0.2, 0) is 6.54 Å². The first kappa shape index (κ1) is 14.3. The largest absolute Gasteiger partial charge is 0.508 e. The van der Waals surface area contributed by atoms with Gasteiger partial charge in [-0.3, -0.25) is 0 Å². The maximum Gasteiger partial charge on any atom is 0.131 e. The monoisotopic (exact) mass is 275 g/mol. The Bertz CT molecular complexity index is 569. The third-order valence-electron chi connectivity index (χ3n) is 3.22. The van der Waals surface area contributed by atoms with Gasteiger partial charge in [-0.05, 0) is 30.7 Å². The highest BCUT2D eigenvalue weighted by atomic mass is 19.1. The lowest BCUT2D eigenvalue weighted by Gasteiger charge is -2.15. The number of hydrogen-bond donors (Lipinski definition) is 2. The second-order valence-electron chi connectivity index (χ2n) is 4.66. The summed E-state index contributed by atoms with van der Waals surface area (Å²) < 4.78 is 18.8. The van der Waals surface area contributed by atoms with Gasteiger partial charge < -0.3 is 15.2 Å². The highest BCUT2D eigenvalue weighted by molar-refractivity contribution is 5.30. The molecule has 4 heteroatoms. The van der Waals surface area contributed by atoms with Crippen molar-refractivity contribution >= 4 is 0 Å². The molecule has 1 unspecified atom stereocenters. The van der Waals surface area contributed by atoms with Crippen molar-refractivity contribution in [3.63, 3.8) is 0 Å². The summed E-state index contributed by atoms with van der Waals surface area (Å²) in [6.07, 6.45) is 0. The van der Waals surface area contributed by atoms with Gasteiger partial charge in [0.15, 0.2) is 0 Å². The molecule has 0 fully saturated rings. The zero-order valence-corrected chi connectivity index (χ0v) is 11.6. The van der Waals surface area contributed by atoms with Crippen LogP contribution in [0.25, 0.3) is 0 Å². The molecule has 0 aromatic heterocycles. The van der Waals surface area contributed by atoms with Gasteiger partial charge in [0.2, 0.25) is 0 Å². The standard InChI is InChI=1S/C16H18FNO2/c1-11(15-8-5-13(19)9-16(15)17)18-10-12-3-6-14(20-2)7-4-12/h3-9,11,18-19H,10H2,1-2H3. The molecule has 0 saturated heterocycles. The summed E-state index contributed by atoms with van der Waals surface area (Å²) in [6, 6.07) is 11.8. The zero-order chi connectivity index (χ0) is 14.5. The number of hydrogen-bond acceptors (Lipinski definition) is 3. The molecule has 0 aliphatic rings. The molecule has 2 N–H and O–H groups in total. The van der Waals surface area contributed by atoms with Crippen LogP contribution in [0.4, 0.5) is 4.39 Å². The molecule has 1 atom stereocenters. The number of benzene rings is 2. The lowest BCUT2D eigenvalue weighted by molar-refractivity contribution is 0.414. The number of ether oxygens (including phenoxy) is 1. The molecule has 0 aliphatic heterocycles. The Morgan fingerprint density at radius 2 is 1.90 bits per heavy atom. The Labute approximate surface area is 118 Å². The fraction of sp³-hybridized carbons (Fsp3) is 0.250. The number of phenols is 1. The second-order valence-corrected chi connectivity index (χ2v) is 4.66. The molecule has 2 aromatic rings. The average Bonchev–Trinajstić information content (AvgIpc) is 2.45. The van der Waals surface area contributed by atoms with Crippen LogP contribution in [0.15, 0.2) is 42.5 Å². The maximum absolute atomic E-state index is 13.7. The Morgan fingerprint density at radius 1 is 1.20 bits per heavy atom. The predicted octanol–water partition coefficient (Wildman–Crippen LogP) is 3.39. The minimum absolute atomic E-state index is 0.0615. The van der Waals surface area contributed by atoms with E-state index >= 15 is 0 Å². The van der Waals surface area contributed by atoms with Crippen molar-refractivity contribution in [1.82, 2.24) is 5.32 Å². The number of halogens is 1. The van der Waals surface area contributed by atoms with E-state index in [1.54, 1.807) is 13.2 Å². The average molecular weight is 275 g/mol. The van der Waals surface area contributed by atoms with E-state index in [-0.39, 0.29) is 11.8 Å². The van der Waals surface area contributed by atoms with Crippen molar-refractivity contribution in [1.29, 1.82) is 0 Å². The highest BCUT2D eigenvalue weighted by Crippen LogP contribution is 2.21. The van der Waals surface area contributed by atoms with E-state index in [1.807, 2.05) is 31.2 Å². The first-order valence-corrected chi connectivity index (χ1v) is 6.45. The van der Waals surface area contributed by atoms with E-state index < -0.39 is 5.82 Å². The summed E-state index contributed by atoms with van der Waals surface area (Å²) in [5.41, 5.74) is 1.63. The number of aromatic hydroxyl groups is 1. The molecule has 0 amide bonds. The Morgan fingerprint density at radius 3 is 2.50 bits per heavy atom. The van der Waals surface area contributed by atoms with E-state index in [9.17, 15) is 9.50 Å². The van der Waals surface area contributed by atoms with E-state index in [2.05, 4.69) is 5.32 Å². The van der Waals surface area contributed by atoms with Gasteiger partial charge in [0.05, 0.1) is 7.11 Å². The summed E-state index contributed by atoms with van der Waals surface area (Å²) >= 11 is 0. The fourth-order valence-electron chi connectivity index (χ4n) is 1.99. The van der Waals surface area contributed by atoms with Crippen molar-refractivity contribution in [3.05, 3.63) is 59.4 Å². The minimum Gasteiger partial charge on any atom is -0.508 e. The smallest absolute Gasteiger partial charge is 0.131 e. The van der Waals surface area contributed by atoms with E-state index in [0.29, 0.717) is 12.1 Å². The third kappa shape index (κ3) is 3.48. The molecule has 0 saturated carbocycles. The predicted molar refractivity (Wildman–Crippen MR) is 76.3 cm³/mol. The Hall–Kier alpha value is -2.07. The number of rotatable bonds is 5. The quantitative estimate of drug-likeness (QED) is 0.879. The molecule has 0 spiro atoms. The van der Waals surface area contributed by atoms with Crippen LogP contribution in [0, 0.1) is 5.82 Å². The lowest BCUT2D eigenvalue weighted by atomic mass is 10.1. The van der Waals surface area contributed by atoms with Crippen molar-refractivity contribution in [3.8, 4) is 11.5 Å². The number of methoxy groups -OCH3 is 1. The van der Waals surface area contributed by atoms with Gasteiger partial charge in [0.1, 0.15) is 17.3 Å². The van der Waals surface area contributed by atoms with E-state index in [0.717, 1.165) is 17.4 Å². The first-order chi connectivity index (χ1) is 9.60. The van der Waals surface area contributed by atoms with Crippen molar-refractivity contribution in [2.24, 2.45) is 0 Å². The zero-order valence-electron chi connectivity index (χ0n) is 11.6. The molecular formula is C16H18FNO2. The maximum atomic E-state index is 13.7. The first-order valence-electron chi connectivity index (χ1n) is 6.45. The van der Waals surface area contributed by atoms with Crippen LogP contribution in [0.3, 0.4) is 0 Å². The van der Waals surface area contributed by atoms with Crippen LogP contribution in [0.1, 0.15) is 24.1 Å². The van der Waals surface area contributed by atoms with Crippen LogP contribution < -0.4 is 10.1 Å². The normalized spacial score (nSPS) is 12.2. The van der Waals surface area contributed by atoms with Crippen molar-refractivity contribution in [2.45, 2.75) is 19.5 Å². The molecule has 2 rings (SSSR count). The summed E-state index contributed by atoms with van der Waals surface area (Å²) in [6.45, 7) is 2.52. The van der Waals surface area contributed by atoms with Gasteiger partial charge in [-0.2, -0.15) is 0 Å². The van der Waals surface area contributed by atoms with Gasteiger partial charge in [-0.25, -0.2) is 4.39 Å². The summed E-state index contributed by atoms with van der Waals surface area (Å²) in [4.78, 5) is 0. The van der Waals surface area contributed by atoms with Gasteiger partial charge in [0, 0.05) is 24.2 Å². The van der Waals surface area contributed by atoms with Gasteiger partial charge in [-0.1, -0.05) is 18.2 Å². The Kier molecular flexibility index (Phi) is 4.58. The van der Waals surface area contributed by atoms with E-state index in [4.69, 9.17) is 4.74 Å². The van der Waals surface area contributed by atoms with Crippen LogP contribution >= 0.6 is 0 Å². The summed E-state index contributed by atoms with van der Waals surface area (Å²) in [5, 5.41) is 12.5. The molecule has 0 radical (unpaired) electrons. The molecule has 0 bridgehead atoms. The summed E-state index contributed by atoms with van der Waals surface area (Å²) in [5.74, 6) is 0.347. The topological polar surface area (TPSA) is 41.5 Å². The highest BCUT2D eigenvalue weighted by Gasteiger charge is 2.10. The summed E-state index contributed by atoms with van der Waals surface area (Å²) in [7, 11) is 1.63. The van der Waals surface area contributed by atoms with Crippen LogP contribution in [0.2, 0.25) is 0 Å². The molecule has 0 heterocycles. The Balaban J connectivity index is 1.98. The molecule has 0 aliphatic carbocycles. The van der Waals surface area contributed by atoms with Gasteiger partial charge in [0.25, 0.3) is 0 Å². The van der Waals surface area contributed by atoms with Gasteiger partial charge >= 0.3 is 0 Å². The molecule has 20 heavy (non-hydrogen) atoms. The van der Waals surface area contributed by atoms with Crippen molar-refractivity contribution < 1.29 is 14.2 Å². The van der Waals surface area contributed by atoms with Crippen LogP contribution in [0.5, 0.6) is 11.5 Å². The fourth-order valence-corrected chi connectivity index (χ4v) is 1.99. The molecular weight excluding hydrogens is 257 g/mol. The SMILES string of the molecule is COc1ccc(CNC(C)c2ccc(O)cc2F)cc1. The second kappa shape index (κ2) is 6.39. The third-order valence-corrected chi connectivity index (χ3v) is 3.22. The number of phenolic OH excluding ortho intramolecular Hbond substituents is 1. The van der Waals surface area contributed by atoms with Crippen molar-refractivity contribution in [2.75, 3.05) is 7.11 Å². The lowest BCUT2D eigenvalue weighted by Crippen LogP contribution is -2.19. The van der Waals surface area contributed by atoms with Gasteiger partial charge in [-0.15, -0.1) is 0 Å². The molecule has 106 valence electrons.